The number of nitrogens with two attached hydrogens (primary N) is 2. The quantitative estimate of drug-likeness (QED) is 0.164. The first-order chi connectivity index (χ1) is 21.4. The highest BCUT2D eigenvalue weighted by molar-refractivity contribution is 5.93. The van der Waals surface area contributed by atoms with Gasteiger partial charge in [0.05, 0.1) is 11.0 Å². The van der Waals surface area contributed by atoms with E-state index in [1.807, 2.05) is 78.9 Å². The van der Waals surface area contributed by atoms with Gasteiger partial charge in [-0.15, -0.1) is 0 Å². The van der Waals surface area contributed by atoms with E-state index in [1.54, 1.807) is 24.3 Å². The maximum absolute atomic E-state index is 12.0. The van der Waals surface area contributed by atoms with Crippen LogP contribution in [-0.2, 0) is 5.41 Å². The van der Waals surface area contributed by atoms with Crippen LogP contribution in [0.4, 0.5) is 11.4 Å². The first-order valence-corrected chi connectivity index (χ1v) is 14.2. The van der Waals surface area contributed by atoms with Gasteiger partial charge in [0.1, 0.15) is 23.0 Å². The molecule has 0 unspecified atom stereocenters. The summed E-state index contributed by atoms with van der Waals surface area (Å²) in [7, 11) is 0. The summed E-state index contributed by atoms with van der Waals surface area (Å²) in [4.78, 5) is 12.0. The molecule has 0 saturated carbocycles. The number of rotatable bonds is 7. The van der Waals surface area contributed by atoms with Crippen molar-refractivity contribution in [3.05, 3.63) is 167 Å². The summed E-state index contributed by atoms with van der Waals surface area (Å²) in [5.41, 5.74) is 18.6. The van der Waals surface area contributed by atoms with Crippen molar-refractivity contribution in [2.75, 3.05) is 11.5 Å². The smallest absolute Gasteiger partial charge is 0.335 e. The van der Waals surface area contributed by atoms with Crippen molar-refractivity contribution < 1.29 is 19.4 Å². The number of benzene rings is 6. The molecule has 6 nitrogen and oxygen atoms in total. The molecule has 0 bridgehead atoms. The number of carboxylic acid groups (broad SMARTS) is 1. The number of fused-ring (bicyclic) bond motifs is 3. The third-order valence-corrected chi connectivity index (χ3v) is 8.05. The van der Waals surface area contributed by atoms with Crippen LogP contribution in [0.3, 0.4) is 0 Å². The van der Waals surface area contributed by atoms with Gasteiger partial charge >= 0.3 is 5.97 Å². The van der Waals surface area contributed by atoms with Gasteiger partial charge in [0.25, 0.3) is 0 Å². The highest BCUT2D eigenvalue weighted by Gasteiger charge is 2.46. The van der Waals surface area contributed by atoms with Crippen molar-refractivity contribution in [2.45, 2.75) is 5.41 Å². The van der Waals surface area contributed by atoms with Crippen molar-refractivity contribution >= 4 is 17.3 Å². The van der Waals surface area contributed by atoms with Gasteiger partial charge in [-0.1, -0.05) is 66.7 Å². The van der Waals surface area contributed by atoms with E-state index >= 15 is 0 Å². The van der Waals surface area contributed by atoms with E-state index in [4.69, 9.17) is 20.9 Å². The number of nitrogen functional groups attached to an aromatic ring is 2. The van der Waals surface area contributed by atoms with Crippen LogP contribution >= 0.6 is 0 Å². The molecule has 0 aromatic heterocycles. The maximum Gasteiger partial charge on any atom is 0.335 e. The molecule has 44 heavy (non-hydrogen) atoms. The normalized spacial score (nSPS) is 12.6. The molecule has 0 atom stereocenters. The Kier molecular flexibility index (Phi) is 6.52. The number of ether oxygens (including phenoxy) is 2. The molecule has 6 aromatic carbocycles. The molecule has 0 amide bonds. The van der Waals surface area contributed by atoms with Crippen LogP contribution < -0.4 is 20.9 Å². The van der Waals surface area contributed by atoms with Crippen LogP contribution in [0.25, 0.3) is 11.1 Å². The van der Waals surface area contributed by atoms with Crippen molar-refractivity contribution in [2.24, 2.45) is 0 Å². The fourth-order valence-corrected chi connectivity index (χ4v) is 6.18. The molecule has 0 heterocycles. The van der Waals surface area contributed by atoms with Crippen molar-refractivity contribution in [3.8, 4) is 34.1 Å². The first kappa shape index (κ1) is 26.9. The van der Waals surface area contributed by atoms with E-state index < -0.39 is 11.4 Å². The maximum atomic E-state index is 12.0. The Morgan fingerprint density at radius 1 is 0.523 bits per heavy atom. The van der Waals surface area contributed by atoms with Crippen LogP contribution in [0.1, 0.15) is 32.6 Å². The Morgan fingerprint density at radius 3 is 1.57 bits per heavy atom. The lowest BCUT2D eigenvalue weighted by Gasteiger charge is -2.34. The van der Waals surface area contributed by atoms with Crippen molar-refractivity contribution in [3.63, 3.8) is 0 Å². The summed E-state index contributed by atoms with van der Waals surface area (Å²) in [5.74, 6) is 1.69. The Hall–Kier alpha value is -6.01. The lowest BCUT2D eigenvalue weighted by molar-refractivity contribution is 0.0697. The third-order valence-electron chi connectivity index (χ3n) is 8.05. The molecule has 0 saturated heterocycles. The van der Waals surface area contributed by atoms with Gasteiger partial charge in [-0.3, -0.25) is 0 Å². The molecule has 6 aromatic rings. The molecule has 5 N–H and O–H groups in total. The minimum absolute atomic E-state index is 0.242. The zero-order chi connectivity index (χ0) is 30.3. The molecule has 7 rings (SSSR count). The standard InChI is InChI=1S/C38H28N2O4/c39-27-5-3-7-31(22-27)43-29-16-12-25(13-17-29)38(26-14-18-30(19-15-26)44-32-8-4-6-28(40)23-32)35-10-2-1-9-33(35)34-21-24(37(41)42)11-20-36(34)38/h1-23H,39-40H2,(H,41,42). The molecule has 0 spiro atoms. The number of carboxylic acids is 1. The highest BCUT2D eigenvalue weighted by atomic mass is 16.5. The van der Waals surface area contributed by atoms with Gasteiger partial charge < -0.3 is 26.0 Å². The lowest BCUT2D eigenvalue weighted by atomic mass is 9.67. The van der Waals surface area contributed by atoms with Gasteiger partial charge in [0, 0.05) is 23.5 Å². The second-order valence-electron chi connectivity index (χ2n) is 10.8. The van der Waals surface area contributed by atoms with Gasteiger partial charge in [-0.2, -0.15) is 0 Å². The largest absolute Gasteiger partial charge is 0.478 e. The second kappa shape index (κ2) is 10.7. The minimum Gasteiger partial charge on any atom is -0.478 e. The van der Waals surface area contributed by atoms with E-state index in [0.717, 1.165) is 33.4 Å². The molecular weight excluding hydrogens is 548 g/mol. The van der Waals surface area contributed by atoms with Crippen LogP contribution in [0.2, 0.25) is 0 Å². The summed E-state index contributed by atoms with van der Waals surface area (Å²) >= 11 is 0. The van der Waals surface area contributed by atoms with Crippen LogP contribution in [0, 0.1) is 0 Å². The number of aromatic carboxylic acids is 1. The van der Waals surface area contributed by atoms with E-state index in [1.165, 1.54) is 0 Å². The summed E-state index contributed by atoms with van der Waals surface area (Å²) in [6, 6.07) is 44.2. The van der Waals surface area contributed by atoms with E-state index in [9.17, 15) is 9.90 Å². The minimum atomic E-state index is -0.964. The predicted octanol–water partition coefficient (Wildman–Crippen LogP) is 8.50. The van der Waals surface area contributed by atoms with Gasteiger partial charge in [-0.25, -0.2) is 4.79 Å². The highest BCUT2D eigenvalue weighted by Crippen LogP contribution is 2.56. The van der Waals surface area contributed by atoms with E-state index in [2.05, 4.69) is 36.4 Å². The molecule has 0 fully saturated rings. The molecule has 1 aliphatic rings. The fourth-order valence-electron chi connectivity index (χ4n) is 6.18. The molecule has 1 aliphatic carbocycles. The zero-order valence-electron chi connectivity index (χ0n) is 23.6. The SMILES string of the molecule is Nc1cccc(Oc2ccc(C3(c4ccc(Oc5cccc(N)c5)cc4)c4ccccc4-c4cc(C(=O)O)ccc43)cc2)c1. The summed E-state index contributed by atoms with van der Waals surface area (Å²) in [6.45, 7) is 0. The molecule has 6 heteroatoms. The summed E-state index contributed by atoms with van der Waals surface area (Å²) in [5, 5.41) is 9.82. The van der Waals surface area contributed by atoms with Gasteiger partial charge in [0.2, 0.25) is 0 Å². The molecular formula is C38H28N2O4. The number of hydrogen-bond donors (Lipinski definition) is 3. The number of carbonyl (C=O) groups is 1. The summed E-state index contributed by atoms with van der Waals surface area (Å²) in [6.07, 6.45) is 0. The number of hydrogen-bond acceptors (Lipinski definition) is 5. The van der Waals surface area contributed by atoms with E-state index in [-0.39, 0.29) is 5.56 Å². The third kappa shape index (κ3) is 4.59. The Balaban J connectivity index is 1.38. The average Bonchev–Trinajstić information content (AvgIpc) is 3.32. The second-order valence-corrected chi connectivity index (χ2v) is 10.8. The van der Waals surface area contributed by atoms with Gasteiger partial charge in [0.15, 0.2) is 0 Å². The Bertz CT molecular complexity index is 1930. The Morgan fingerprint density at radius 2 is 1.05 bits per heavy atom. The molecule has 0 aliphatic heterocycles. The zero-order valence-corrected chi connectivity index (χ0v) is 23.6. The number of anilines is 2. The van der Waals surface area contributed by atoms with Crippen LogP contribution in [0.5, 0.6) is 23.0 Å². The molecule has 214 valence electrons. The first-order valence-electron chi connectivity index (χ1n) is 14.2. The van der Waals surface area contributed by atoms with Crippen LogP contribution in [-0.4, -0.2) is 11.1 Å². The monoisotopic (exact) mass is 576 g/mol. The Labute approximate surface area is 254 Å². The van der Waals surface area contributed by atoms with Crippen molar-refractivity contribution in [1.29, 1.82) is 0 Å². The lowest BCUT2D eigenvalue weighted by Crippen LogP contribution is -2.28. The molecule has 0 radical (unpaired) electrons. The fraction of sp³-hybridized carbons (Fsp3) is 0.0263. The van der Waals surface area contributed by atoms with E-state index in [0.29, 0.717) is 34.4 Å². The van der Waals surface area contributed by atoms with Crippen LogP contribution in [0.15, 0.2) is 140 Å². The van der Waals surface area contributed by atoms with Crippen molar-refractivity contribution in [1.82, 2.24) is 0 Å². The average molecular weight is 577 g/mol. The topological polar surface area (TPSA) is 108 Å². The van der Waals surface area contributed by atoms with Gasteiger partial charge in [-0.05, 0) is 94.0 Å². The predicted molar refractivity (Wildman–Crippen MR) is 173 cm³/mol. The summed E-state index contributed by atoms with van der Waals surface area (Å²) < 4.78 is 12.2.